The molecule has 0 unspecified atom stereocenters. The van der Waals surface area contributed by atoms with Crippen LogP contribution in [-0.2, 0) is 4.79 Å². The standard InChI is InChI=1S/C17H18N4O2/c1-11(14-4-3-5-15(18)10-14)20-21-17(23)13-6-8-16(9-7-13)19-12(2)22/h3-10H,18H2,1-2H3,(H,19,22)(H,21,23)/b20-11+. The van der Waals surface area contributed by atoms with Gasteiger partial charge in [-0.15, -0.1) is 0 Å². The Kier molecular flexibility index (Phi) is 5.09. The molecular formula is C17H18N4O2. The lowest BCUT2D eigenvalue weighted by molar-refractivity contribution is -0.114. The highest BCUT2D eigenvalue weighted by Gasteiger charge is 2.05. The third-order valence-electron chi connectivity index (χ3n) is 3.10. The molecule has 6 nitrogen and oxygen atoms in total. The van der Waals surface area contributed by atoms with Gasteiger partial charge in [0, 0.05) is 23.9 Å². The fourth-order valence-corrected chi connectivity index (χ4v) is 1.94. The third-order valence-corrected chi connectivity index (χ3v) is 3.10. The molecule has 0 bridgehead atoms. The summed E-state index contributed by atoms with van der Waals surface area (Å²) in [5.41, 5.74) is 11.4. The van der Waals surface area contributed by atoms with Gasteiger partial charge in [-0.25, -0.2) is 5.43 Å². The zero-order valence-corrected chi connectivity index (χ0v) is 13.0. The molecule has 0 atom stereocenters. The number of benzene rings is 2. The Hall–Kier alpha value is -3.15. The van der Waals surface area contributed by atoms with E-state index >= 15 is 0 Å². The second kappa shape index (κ2) is 7.22. The SMILES string of the molecule is CC(=O)Nc1ccc(C(=O)N/N=C(\C)c2cccc(N)c2)cc1. The normalized spacial score (nSPS) is 11.0. The van der Waals surface area contributed by atoms with Crippen molar-refractivity contribution in [3.63, 3.8) is 0 Å². The molecule has 23 heavy (non-hydrogen) atoms. The van der Waals surface area contributed by atoms with E-state index in [1.54, 1.807) is 43.3 Å². The van der Waals surface area contributed by atoms with Gasteiger partial charge in [0.25, 0.3) is 5.91 Å². The predicted octanol–water partition coefficient (Wildman–Crippen LogP) is 2.38. The Bertz CT molecular complexity index is 751. The highest BCUT2D eigenvalue weighted by atomic mass is 16.2. The molecule has 2 rings (SSSR count). The molecule has 0 aliphatic rings. The molecule has 0 saturated carbocycles. The lowest BCUT2D eigenvalue weighted by Crippen LogP contribution is -2.19. The fourth-order valence-electron chi connectivity index (χ4n) is 1.94. The van der Waals surface area contributed by atoms with Crippen molar-refractivity contribution in [1.29, 1.82) is 0 Å². The Balaban J connectivity index is 2.04. The number of amides is 2. The zero-order valence-electron chi connectivity index (χ0n) is 13.0. The van der Waals surface area contributed by atoms with Crippen LogP contribution in [-0.4, -0.2) is 17.5 Å². The number of nitrogens with one attached hydrogen (secondary N) is 2. The Morgan fingerprint density at radius 2 is 1.70 bits per heavy atom. The first kappa shape index (κ1) is 16.2. The maximum atomic E-state index is 12.1. The van der Waals surface area contributed by atoms with Crippen LogP contribution in [0.5, 0.6) is 0 Å². The summed E-state index contributed by atoms with van der Waals surface area (Å²) >= 11 is 0. The highest BCUT2D eigenvalue weighted by molar-refractivity contribution is 6.01. The van der Waals surface area contributed by atoms with Gasteiger partial charge in [-0.3, -0.25) is 9.59 Å². The van der Waals surface area contributed by atoms with Crippen LogP contribution in [0.1, 0.15) is 29.8 Å². The van der Waals surface area contributed by atoms with Crippen molar-refractivity contribution in [2.24, 2.45) is 5.10 Å². The predicted molar refractivity (Wildman–Crippen MR) is 91.3 cm³/mol. The van der Waals surface area contributed by atoms with Crippen LogP contribution in [0.15, 0.2) is 53.6 Å². The van der Waals surface area contributed by atoms with E-state index in [9.17, 15) is 9.59 Å². The minimum atomic E-state index is -0.331. The largest absolute Gasteiger partial charge is 0.399 e. The number of nitrogen functional groups attached to an aromatic ring is 1. The van der Waals surface area contributed by atoms with Gasteiger partial charge in [-0.2, -0.15) is 5.10 Å². The summed E-state index contributed by atoms with van der Waals surface area (Å²) in [6.07, 6.45) is 0. The summed E-state index contributed by atoms with van der Waals surface area (Å²) in [6.45, 7) is 3.21. The van der Waals surface area contributed by atoms with Crippen LogP contribution in [0.3, 0.4) is 0 Å². The number of carbonyl (C=O) groups excluding carboxylic acids is 2. The van der Waals surface area contributed by atoms with Crippen molar-refractivity contribution in [1.82, 2.24) is 5.43 Å². The molecule has 2 aromatic carbocycles. The van der Waals surface area contributed by atoms with Gasteiger partial charge >= 0.3 is 0 Å². The van der Waals surface area contributed by atoms with Gasteiger partial charge < -0.3 is 11.1 Å². The molecule has 6 heteroatoms. The van der Waals surface area contributed by atoms with Crippen LogP contribution < -0.4 is 16.5 Å². The third kappa shape index (κ3) is 4.67. The number of carbonyl (C=O) groups is 2. The summed E-state index contributed by atoms with van der Waals surface area (Å²) in [5, 5.41) is 6.71. The lowest BCUT2D eigenvalue weighted by atomic mass is 10.1. The summed E-state index contributed by atoms with van der Waals surface area (Å²) in [5.74, 6) is -0.493. The average Bonchev–Trinajstić information content (AvgIpc) is 2.52. The Labute approximate surface area is 134 Å². The molecule has 2 aromatic rings. The van der Waals surface area contributed by atoms with Gasteiger partial charge in [-0.1, -0.05) is 12.1 Å². The molecule has 0 radical (unpaired) electrons. The van der Waals surface area contributed by atoms with Gasteiger partial charge in [0.05, 0.1) is 5.71 Å². The zero-order chi connectivity index (χ0) is 16.8. The first-order valence-electron chi connectivity index (χ1n) is 7.04. The molecule has 0 aromatic heterocycles. The van der Waals surface area contributed by atoms with Crippen molar-refractivity contribution in [3.8, 4) is 0 Å². The molecule has 4 N–H and O–H groups in total. The minimum Gasteiger partial charge on any atom is -0.399 e. The van der Waals surface area contributed by atoms with E-state index in [1.807, 2.05) is 12.1 Å². The van der Waals surface area contributed by atoms with E-state index in [4.69, 9.17) is 5.73 Å². The quantitative estimate of drug-likeness (QED) is 0.459. The van der Waals surface area contributed by atoms with Crippen LogP contribution in [0.2, 0.25) is 0 Å². The summed E-state index contributed by atoms with van der Waals surface area (Å²) in [6, 6.07) is 13.8. The number of nitrogens with two attached hydrogens (primary N) is 1. The maximum absolute atomic E-state index is 12.1. The number of hydrogen-bond acceptors (Lipinski definition) is 4. The molecule has 0 fully saturated rings. The molecule has 118 valence electrons. The summed E-state index contributed by atoms with van der Waals surface area (Å²) in [4.78, 5) is 23.0. The molecular weight excluding hydrogens is 292 g/mol. The van der Waals surface area contributed by atoms with E-state index in [1.165, 1.54) is 6.92 Å². The van der Waals surface area contributed by atoms with Crippen LogP contribution in [0, 0.1) is 0 Å². The van der Waals surface area contributed by atoms with Crippen molar-refractivity contribution in [2.75, 3.05) is 11.1 Å². The first-order chi connectivity index (χ1) is 11.0. The van der Waals surface area contributed by atoms with Gasteiger partial charge in [0.15, 0.2) is 0 Å². The summed E-state index contributed by atoms with van der Waals surface area (Å²) in [7, 11) is 0. The van der Waals surface area contributed by atoms with E-state index in [0.717, 1.165) is 5.56 Å². The second-order valence-electron chi connectivity index (χ2n) is 5.02. The average molecular weight is 310 g/mol. The van der Waals surface area contributed by atoms with E-state index in [0.29, 0.717) is 22.6 Å². The monoisotopic (exact) mass is 310 g/mol. The number of nitrogens with zero attached hydrogens (tertiary/aromatic N) is 1. The lowest BCUT2D eigenvalue weighted by Gasteiger charge is -2.05. The molecule has 2 amide bonds. The molecule has 0 saturated heterocycles. The van der Waals surface area contributed by atoms with Gasteiger partial charge in [0.1, 0.15) is 0 Å². The van der Waals surface area contributed by atoms with E-state index in [2.05, 4.69) is 15.8 Å². The molecule has 0 aliphatic heterocycles. The molecule has 0 aliphatic carbocycles. The van der Waals surface area contributed by atoms with Crippen LogP contribution >= 0.6 is 0 Å². The number of anilines is 2. The van der Waals surface area contributed by atoms with E-state index < -0.39 is 0 Å². The first-order valence-corrected chi connectivity index (χ1v) is 7.04. The van der Waals surface area contributed by atoms with Crippen LogP contribution in [0.4, 0.5) is 11.4 Å². The van der Waals surface area contributed by atoms with Crippen LogP contribution in [0.25, 0.3) is 0 Å². The van der Waals surface area contributed by atoms with Gasteiger partial charge in [0.2, 0.25) is 5.91 Å². The molecule has 0 spiro atoms. The second-order valence-corrected chi connectivity index (χ2v) is 5.02. The smallest absolute Gasteiger partial charge is 0.271 e. The van der Waals surface area contributed by atoms with Crippen molar-refractivity contribution in [3.05, 3.63) is 59.7 Å². The minimum absolute atomic E-state index is 0.162. The van der Waals surface area contributed by atoms with Crippen molar-refractivity contribution >= 4 is 28.9 Å². The Morgan fingerprint density at radius 3 is 2.30 bits per heavy atom. The Morgan fingerprint density at radius 1 is 1.00 bits per heavy atom. The summed E-state index contributed by atoms with van der Waals surface area (Å²) < 4.78 is 0. The topological polar surface area (TPSA) is 96.6 Å². The number of rotatable bonds is 4. The van der Waals surface area contributed by atoms with Crippen molar-refractivity contribution in [2.45, 2.75) is 13.8 Å². The fraction of sp³-hybridized carbons (Fsp3) is 0.118. The number of hydrogen-bond donors (Lipinski definition) is 3. The molecule has 0 heterocycles. The van der Waals surface area contributed by atoms with Gasteiger partial charge in [-0.05, 0) is 48.9 Å². The maximum Gasteiger partial charge on any atom is 0.271 e. The number of hydrazone groups is 1. The van der Waals surface area contributed by atoms with Crippen molar-refractivity contribution < 1.29 is 9.59 Å². The highest BCUT2D eigenvalue weighted by Crippen LogP contribution is 2.10. The van der Waals surface area contributed by atoms with E-state index in [-0.39, 0.29) is 11.8 Å².